The smallest absolute Gasteiger partial charge is 0.107 e. The van der Waals surface area contributed by atoms with Crippen LogP contribution in [0.3, 0.4) is 0 Å². The first-order chi connectivity index (χ1) is 6.67. The van der Waals surface area contributed by atoms with Crippen molar-refractivity contribution >= 4 is 0 Å². The molecule has 2 atom stereocenters. The molecule has 0 amide bonds. The predicted molar refractivity (Wildman–Crippen MR) is 62.3 cm³/mol. The van der Waals surface area contributed by atoms with Gasteiger partial charge in [-0.05, 0) is 26.3 Å². The SMILES string of the molecule is CCCCC(CCC)N(C)C(O)CC. The summed E-state index contributed by atoms with van der Waals surface area (Å²) in [4.78, 5) is 2.14. The van der Waals surface area contributed by atoms with Crippen LogP contribution in [0.15, 0.2) is 0 Å². The lowest BCUT2D eigenvalue weighted by Gasteiger charge is -2.31. The molecule has 0 saturated heterocycles. The van der Waals surface area contributed by atoms with Gasteiger partial charge in [0.1, 0.15) is 6.23 Å². The maximum atomic E-state index is 9.75. The van der Waals surface area contributed by atoms with Gasteiger partial charge in [0.05, 0.1) is 0 Å². The number of rotatable bonds is 8. The van der Waals surface area contributed by atoms with Crippen molar-refractivity contribution in [3.05, 3.63) is 0 Å². The van der Waals surface area contributed by atoms with Gasteiger partial charge in [-0.1, -0.05) is 40.0 Å². The Hall–Kier alpha value is -0.0800. The molecule has 86 valence electrons. The fraction of sp³-hybridized carbons (Fsp3) is 1.00. The molecule has 0 saturated carbocycles. The minimum atomic E-state index is -0.261. The summed E-state index contributed by atoms with van der Waals surface area (Å²) in [5.41, 5.74) is 0. The third-order valence-corrected chi connectivity index (χ3v) is 2.92. The van der Waals surface area contributed by atoms with E-state index in [0.29, 0.717) is 6.04 Å². The Morgan fingerprint density at radius 3 is 2.14 bits per heavy atom. The zero-order chi connectivity index (χ0) is 11.0. The van der Waals surface area contributed by atoms with Crippen LogP contribution < -0.4 is 0 Å². The summed E-state index contributed by atoms with van der Waals surface area (Å²) in [6, 6.07) is 0.565. The van der Waals surface area contributed by atoms with Crippen molar-refractivity contribution in [1.82, 2.24) is 4.90 Å². The van der Waals surface area contributed by atoms with Gasteiger partial charge in [0.2, 0.25) is 0 Å². The fourth-order valence-electron chi connectivity index (χ4n) is 1.86. The average Bonchev–Trinajstić information content (AvgIpc) is 2.22. The second-order valence-corrected chi connectivity index (χ2v) is 4.14. The molecule has 0 radical (unpaired) electrons. The molecule has 0 rings (SSSR count). The van der Waals surface area contributed by atoms with E-state index in [-0.39, 0.29) is 6.23 Å². The maximum absolute atomic E-state index is 9.75. The van der Waals surface area contributed by atoms with E-state index in [0.717, 1.165) is 6.42 Å². The summed E-state index contributed by atoms with van der Waals surface area (Å²) in [6.45, 7) is 6.47. The number of hydrogen-bond donors (Lipinski definition) is 1. The van der Waals surface area contributed by atoms with Gasteiger partial charge in [0, 0.05) is 6.04 Å². The molecule has 0 aromatic heterocycles. The summed E-state index contributed by atoms with van der Waals surface area (Å²) in [5.74, 6) is 0. The van der Waals surface area contributed by atoms with Crippen molar-refractivity contribution in [2.75, 3.05) is 7.05 Å². The van der Waals surface area contributed by atoms with Crippen LogP contribution in [0.1, 0.15) is 59.3 Å². The zero-order valence-corrected chi connectivity index (χ0v) is 10.3. The number of nitrogens with zero attached hydrogens (tertiary/aromatic N) is 1. The predicted octanol–water partition coefficient (Wildman–Crippen LogP) is 3.01. The Kier molecular flexibility index (Phi) is 8.20. The van der Waals surface area contributed by atoms with E-state index >= 15 is 0 Å². The summed E-state index contributed by atoms with van der Waals surface area (Å²) >= 11 is 0. The molecule has 0 aliphatic heterocycles. The maximum Gasteiger partial charge on any atom is 0.107 e. The van der Waals surface area contributed by atoms with Gasteiger partial charge in [-0.2, -0.15) is 0 Å². The molecule has 0 spiro atoms. The normalized spacial score (nSPS) is 15.9. The van der Waals surface area contributed by atoms with Crippen LogP contribution >= 0.6 is 0 Å². The number of aliphatic hydroxyl groups is 1. The Bertz CT molecular complexity index is 127. The third-order valence-electron chi connectivity index (χ3n) is 2.92. The van der Waals surface area contributed by atoms with Crippen molar-refractivity contribution in [1.29, 1.82) is 0 Å². The van der Waals surface area contributed by atoms with Crippen molar-refractivity contribution in [2.45, 2.75) is 71.6 Å². The molecule has 0 heterocycles. The molecule has 2 nitrogen and oxygen atoms in total. The summed E-state index contributed by atoms with van der Waals surface area (Å²) < 4.78 is 0. The molecule has 0 aromatic carbocycles. The Labute approximate surface area is 89.3 Å². The minimum absolute atomic E-state index is 0.261. The van der Waals surface area contributed by atoms with Gasteiger partial charge in [0.15, 0.2) is 0 Å². The van der Waals surface area contributed by atoms with Gasteiger partial charge in [-0.25, -0.2) is 0 Å². The van der Waals surface area contributed by atoms with Crippen LogP contribution in [-0.4, -0.2) is 29.3 Å². The Morgan fingerprint density at radius 2 is 1.71 bits per heavy atom. The standard InChI is InChI=1S/C12H27NO/c1-5-8-10-11(9-6-2)13(4)12(14)7-3/h11-12,14H,5-10H2,1-4H3. The highest BCUT2D eigenvalue weighted by molar-refractivity contribution is 4.70. The van der Waals surface area contributed by atoms with E-state index < -0.39 is 0 Å². The highest BCUT2D eigenvalue weighted by atomic mass is 16.3. The lowest BCUT2D eigenvalue weighted by Crippen LogP contribution is -2.39. The highest BCUT2D eigenvalue weighted by Gasteiger charge is 2.18. The van der Waals surface area contributed by atoms with E-state index in [1.807, 2.05) is 14.0 Å². The molecule has 0 aromatic rings. The molecule has 14 heavy (non-hydrogen) atoms. The highest BCUT2D eigenvalue weighted by Crippen LogP contribution is 2.15. The average molecular weight is 201 g/mol. The summed E-state index contributed by atoms with van der Waals surface area (Å²) in [7, 11) is 2.05. The number of hydrogen-bond acceptors (Lipinski definition) is 2. The first-order valence-corrected chi connectivity index (χ1v) is 6.07. The van der Waals surface area contributed by atoms with Crippen LogP contribution in [0.5, 0.6) is 0 Å². The van der Waals surface area contributed by atoms with Gasteiger partial charge in [-0.15, -0.1) is 0 Å². The Balaban J connectivity index is 4.02. The van der Waals surface area contributed by atoms with Crippen molar-refractivity contribution in [2.24, 2.45) is 0 Å². The molecular weight excluding hydrogens is 174 g/mol. The number of aliphatic hydroxyl groups excluding tert-OH is 1. The number of unbranched alkanes of at least 4 members (excludes halogenated alkanes) is 1. The zero-order valence-electron chi connectivity index (χ0n) is 10.3. The minimum Gasteiger partial charge on any atom is -0.378 e. The van der Waals surface area contributed by atoms with Crippen LogP contribution in [0.4, 0.5) is 0 Å². The van der Waals surface area contributed by atoms with Crippen molar-refractivity contribution < 1.29 is 5.11 Å². The van der Waals surface area contributed by atoms with Gasteiger partial charge < -0.3 is 5.11 Å². The van der Waals surface area contributed by atoms with Crippen LogP contribution in [0, 0.1) is 0 Å². The molecular formula is C12H27NO. The molecule has 0 fully saturated rings. The topological polar surface area (TPSA) is 23.5 Å². The first kappa shape index (κ1) is 13.9. The van der Waals surface area contributed by atoms with E-state index in [2.05, 4.69) is 18.7 Å². The van der Waals surface area contributed by atoms with Gasteiger partial charge in [0.25, 0.3) is 0 Å². The molecule has 2 unspecified atom stereocenters. The van der Waals surface area contributed by atoms with Crippen molar-refractivity contribution in [3.63, 3.8) is 0 Å². The van der Waals surface area contributed by atoms with Crippen LogP contribution in [0.2, 0.25) is 0 Å². The van der Waals surface area contributed by atoms with E-state index in [9.17, 15) is 5.11 Å². The largest absolute Gasteiger partial charge is 0.378 e. The van der Waals surface area contributed by atoms with Crippen LogP contribution in [-0.2, 0) is 0 Å². The lowest BCUT2D eigenvalue weighted by molar-refractivity contribution is -0.0134. The third kappa shape index (κ3) is 4.97. The monoisotopic (exact) mass is 201 g/mol. The molecule has 0 bridgehead atoms. The van der Waals surface area contributed by atoms with E-state index in [1.54, 1.807) is 0 Å². The fourth-order valence-corrected chi connectivity index (χ4v) is 1.86. The second-order valence-electron chi connectivity index (χ2n) is 4.14. The molecule has 0 aliphatic rings. The van der Waals surface area contributed by atoms with Gasteiger partial charge >= 0.3 is 0 Å². The molecule has 0 aliphatic carbocycles. The lowest BCUT2D eigenvalue weighted by atomic mass is 10.0. The van der Waals surface area contributed by atoms with Crippen molar-refractivity contribution in [3.8, 4) is 0 Å². The first-order valence-electron chi connectivity index (χ1n) is 6.07. The van der Waals surface area contributed by atoms with Crippen LogP contribution in [0.25, 0.3) is 0 Å². The quantitative estimate of drug-likeness (QED) is 0.610. The molecule has 1 N–H and O–H groups in total. The second kappa shape index (κ2) is 8.25. The van der Waals surface area contributed by atoms with E-state index in [1.165, 1.54) is 32.1 Å². The summed E-state index contributed by atoms with van der Waals surface area (Å²) in [6.07, 6.45) is 6.70. The van der Waals surface area contributed by atoms with E-state index in [4.69, 9.17) is 0 Å². The Morgan fingerprint density at radius 1 is 1.07 bits per heavy atom. The van der Waals surface area contributed by atoms with Gasteiger partial charge in [-0.3, -0.25) is 4.90 Å². The summed E-state index contributed by atoms with van der Waals surface area (Å²) in [5, 5.41) is 9.75. The molecule has 2 heteroatoms.